The second-order valence-electron chi connectivity index (χ2n) is 4.12. The number of nitrogens with zero attached hydrogens (tertiary/aromatic N) is 1. The normalized spacial score (nSPS) is 11.2. The third kappa shape index (κ3) is 2.19. The van der Waals surface area contributed by atoms with Crippen LogP contribution in [0.25, 0.3) is 16.7 Å². The summed E-state index contributed by atoms with van der Waals surface area (Å²) in [6, 6.07) is 7.93. The summed E-state index contributed by atoms with van der Waals surface area (Å²) in [4.78, 5) is 3.01. The van der Waals surface area contributed by atoms with Crippen LogP contribution in [-0.4, -0.2) is 9.55 Å². The van der Waals surface area contributed by atoms with E-state index in [2.05, 4.69) is 20.9 Å². The molecule has 1 heterocycles. The predicted octanol–water partition coefficient (Wildman–Crippen LogP) is 5.90. The molecule has 3 aromatic rings. The predicted molar refractivity (Wildman–Crippen MR) is 86.1 cm³/mol. The van der Waals surface area contributed by atoms with Gasteiger partial charge in [0.25, 0.3) is 0 Å². The molecule has 0 amide bonds. The van der Waals surface area contributed by atoms with Gasteiger partial charge in [0.2, 0.25) is 0 Å². The Morgan fingerprint density at radius 3 is 2.65 bits per heavy atom. The smallest absolute Gasteiger partial charge is 0.182 e. The first-order valence-electron chi connectivity index (χ1n) is 5.53. The summed E-state index contributed by atoms with van der Waals surface area (Å²) in [5.74, 6) is -0.348. The number of aromatic amines is 1. The van der Waals surface area contributed by atoms with Crippen molar-refractivity contribution in [1.82, 2.24) is 9.55 Å². The Bertz CT molecular complexity index is 888. The van der Waals surface area contributed by atoms with E-state index in [9.17, 15) is 4.39 Å². The first kappa shape index (κ1) is 14.1. The van der Waals surface area contributed by atoms with Crippen molar-refractivity contribution in [2.45, 2.75) is 0 Å². The minimum atomic E-state index is -0.348. The molecule has 0 atom stereocenters. The van der Waals surface area contributed by atoms with Crippen LogP contribution in [0.15, 0.2) is 34.8 Å². The van der Waals surface area contributed by atoms with Gasteiger partial charge >= 0.3 is 0 Å². The van der Waals surface area contributed by atoms with E-state index in [0.717, 1.165) is 5.52 Å². The van der Waals surface area contributed by atoms with Gasteiger partial charge in [-0.05, 0) is 52.4 Å². The lowest BCUT2D eigenvalue weighted by atomic mass is 10.2. The highest BCUT2D eigenvalue weighted by molar-refractivity contribution is 9.10. The van der Waals surface area contributed by atoms with Crippen LogP contribution >= 0.6 is 51.3 Å². The molecule has 0 radical (unpaired) electrons. The van der Waals surface area contributed by atoms with Crippen LogP contribution in [0.4, 0.5) is 4.39 Å². The highest BCUT2D eigenvalue weighted by Gasteiger charge is 2.14. The van der Waals surface area contributed by atoms with Gasteiger partial charge in [-0.25, -0.2) is 4.39 Å². The molecule has 0 spiro atoms. The topological polar surface area (TPSA) is 20.7 Å². The summed E-state index contributed by atoms with van der Waals surface area (Å²) < 4.78 is 16.2. The third-order valence-corrected chi connectivity index (χ3v) is 4.95. The SMILES string of the molecule is Fc1ccc2[nH]c(=S)n(-c3ccc(Br)c(Cl)c3Cl)c2c1. The molecule has 7 heteroatoms. The number of fused-ring (bicyclic) bond motifs is 1. The first-order chi connectivity index (χ1) is 9.49. The van der Waals surface area contributed by atoms with E-state index in [-0.39, 0.29) is 5.82 Å². The van der Waals surface area contributed by atoms with Crippen molar-refractivity contribution in [3.8, 4) is 5.69 Å². The van der Waals surface area contributed by atoms with Gasteiger partial charge in [0.1, 0.15) is 5.82 Å². The lowest BCUT2D eigenvalue weighted by Crippen LogP contribution is -1.96. The lowest BCUT2D eigenvalue weighted by Gasteiger charge is -2.09. The number of H-pyrrole nitrogens is 1. The quantitative estimate of drug-likeness (QED) is 0.404. The number of rotatable bonds is 1. The zero-order chi connectivity index (χ0) is 14.4. The van der Waals surface area contributed by atoms with Crippen LogP contribution in [0, 0.1) is 10.6 Å². The fraction of sp³-hybridized carbons (Fsp3) is 0. The Hall–Kier alpha value is -0.880. The maximum absolute atomic E-state index is 13.5. The molecule has 0 bridgehead atoms. The minimum absolute atomic E-state index is 0.348. The highest BCUT2D eigenvalue weighted by atomic mass is 79.9. The number of imidazole rings is 1. The number of aromatic nitrogens is 2. The summed E-state index contributed by atoms with van der Waals surface area (Å²) in [5.41, 5.74) is 1.93. The van der Waals surface area contributed by atoms with Gasteiger partial charge in [0.15, 0.2) is 4.77 Å². The van der Waals surface area contributed by atoms with E-state index in [1.54, 1.807) is 22.8 Å². The standard InChI is InChI=1S/C13H6BrCl2FN2S/c14-7-2-4-9(12(16)11(7)15)19-10-5-6(17)1-3-8(10)18-13(19)20/h1-5H,(H,18,20). The molecule has 102 valence electrons. The summed E-state index contributed by atoms with van der Waals surface area (Å²) in [6.45, 7) is 0. The second kappa shape index (κ2) is 5.15. The Morgan fingerprint density at radius 2 is 1.90 bits per heavy atom. The zero-order valence-corrected chi connectivity index (χ0v) is 13.7. The third-order valence-electron chi connectivity index (χ3n) is 2.90. The summed E-state index contributed by atoms with van der Waals surface area (Å²) in [5, 5.41) is 0.735. The summed E-state index contributed by atoms with van der Waals surface area (Å²) >= 11 is 21.0. The molecule has 0 saturated carbocycles. The number of halogens is 4. The van der Waals surface area contributed by atoms with E-state index in [1.165, 1.54) is 12.1 Å². The first-order valence-corrected chi connectivity index (χ1v) is 7.49. The van der Waals surface area contributed by atoms with Crippen molar-refractivity contribution < 1.29 is 4.39 Å². The van der Waals surface area contributed by atoms with Crippen LogP contribution in [-0.2, 0) is 0 Å². The molecule has 2 aromatic carbocycles. The van der Waals surface area contributed by atoms with E-state index in [1.807, 2.05) is 0 Å². The Kier molecular flexibility index (Phi) is 3.62. The van der Waals surface area contributed by atoms with Crippen LogP contribution in [0.5, 0.6) is 0 Å². The largest absolute Gasteiger partial charge is 0.330 e. The van der Waals surface area contributed by atoms with E-state index >= 15 is 0 Å². The van der Waals surface area contributed by atoms with Crippen molar-refractivity contribution in [2.24, 2.45) is 0 Å². The highest BCUT2D eigenvalue weighted by Crippen LogP contribution is 2.36. The molecule has 0 aliphatic heterocycles. The molecule has 0 saturated heterocycles. The van der Waals surface area contributed by atoms with Gasteiger partial charge in [-0.3, -0.25) is 4.57 Å². The molecule has 3 rings (SSSR count). The van der Waals surface area contributed by atoms with Crippen molar-refractivity contribution in [3.05, 3.63) is 55.4 Å². The molecule has 0 aliphatic rings. The molecule has 1 aromatic heterocycles. The molecule has 0 unspecified atom stereocenters. The van der Waals surface area contributed by atoms with Crippen LogP contribution < -0.4 is 0 Å². The zero-order valence-electron chi connectivity index (χ0n) is 9.75. The lowest BCUT2D eigenvalue weighted by molar-refractivity contribution is 0.629. The van der Waals surface area contributed by atoms with Gasteiger partial charge in [0, 0.05) is 10.5 Å². The maximum atomic E-state index is 13.5. The molecular formula is C13H6BrCl2FN2S. The van der Waals surface area contributed by atoms with Crippen LogP contribution in [0.2, 0.25) is 10.0 Å². The van der Waals surface area contributed by atoms with Crippen LogP contribution in [0.1, 0.15) is 0 Å². The second-order valence-corrected chi connectivity index (χ2v) is 6.12. The number of benzene rings is 2. The average molecular weight is 392 g/mol. The van der Waals surface area contributed by atoms with E-state index < -0.39 is 0 Å². The van der Waals surface area contributed by atoms with E-state index in [4.69, 9.17) is 35.4 Å². The van der Waals surface area contributed by atoms with Gasteiger partial charge in [0.05, 0.1) is 26.8 Å². The monoisotopic (exact) mass is 390 g/mol. The molecular weight excluding hydrogens is 386 g/mol. The number of nitrogens with one attached hydrogen (secondary N) is 1. The Morgan fingerprint density at radius 1 is 1.15 bits per heavy atom. The van der Waals surface area contributed by atoms with Crippen molar-refractivity contribution in [3.63, 3.8) is 0 Å². The molecule has 0 aliphatic carbocycles. The summed E-state index contributed by atoms with van der Waals surface area (Å²) in [6.07, 6.45) is 0. The molecule has 0 fully saturated rings. The average Bonchev–Trinajstić information content (AvgIpc) is 2.72. The summed E-state index contributed by atoms with van der Waals surface area (Å²) in [7, 11) is 0. The van der Waals surface area contributed by atoms with Crippen molar-refractivity contribution in [1.29, 1.82) is 0 Å². The fourth-order valence-corrected chi connectivity index (χ4v) is 3.16. The van der Waals surface area contributed by atoms with Gasteiger partial charge < -0.3 is 4.98 Å². The van der Waals surface area contributed by atoms with Crippen molar-refractivity contribution >= 4 is 62.4 Å². The molecule has 20 heavy (non-hydrogen) atoms. The Balaban J connectivity index is 2.41. The van der Waals surface area contributed by atoms with Gasteiger partial charge in [-0.15, -0.1) is 0 Å². The van der Waals surface area contributed by atoms with Crippen LogP contribution in [0.3, 0.4) is 0 Å². The van der Waals surface area contributed by atoms with Gasteiger partial charge in [-0.2, -0.15) is 0 Å². The van der Waals surface area contributed by atoms with Crippen molar-refractivity contribution in [2.75, 3.05) is 0 Å². The number of hydrogen-bond donors (Lipinski definition) is 1. The number of hydrogen-bond acceptors (Lipinski definition) is 1. The fourth-order valence-electron chi connectivity index (χ4n) is 2.00. The minimum Gasteiger partial charge on any atom is -0.330 e. The maximum Gasteiger partial charge on any atom is 0.182 e. The molecule has 2 nitrogen and oxygen atoms in total. The molecule has 1 N–H and O–H groups in total. The van der Waals surface area contributed by atoms with Gasteiger partial charge in [-0.1, -0.05) is 23.2 Å². The Labute approximate surface area is 137 Å². The van der Waals surface area contributed by atoms with E-state index in [0.29, 0.717) is 30.5 Å².